The lowest BCUT2D eigenvalue weighted by Crippen LogP contribution is -2.24. The van der Waals surface area contributed by atoms with Gasteiger partial charge in [-0.3, -0.25) is 4.98 Å². The van der Waals surface area contributed by atoms with Crippen molar-refractivity contribution in [3.8, 4) is 0 Å². The molecule has 92 valence electrons. The molecular weight excluding hydrogens is 222 g/mol. The average Bonchev–Trinajstić information content (AvgIpc) is 3.22. The fraction of sp³-hybridized carbons (Fsp3) is 0.312. The summed E-state index contributed by atoms with van der Waals surface area (Å²) >= 11 is 0. The smallest absolute Gasteiger partial charge is 0.0917 e. The number of nitrogens with zero attached hydrogens (tertiary/aromatic N) is 1. The number of hydrogen-bond acceptors (Lipinski definition) is 2. The zero-order valence-electron chi connectivity index (χ0n) is 10.5. The predicted octanol–water partition coefficient (Wildman–Crippen LogP) is 3.09. The summed E-state index contributed by atoms with van der Waals surface area (Å²) in [5.41, 5.74) is 1.45. The Kier molecular flexibility index (Phi) is 2.67. The molecule has 1 aliphatic carbocycles. The van der Waals surface area contributed by atoms with E-state index in [1.54, 1.807) is 12.4 Å². The van der Waals surface area contributed by atoms with Crippen LogP contribution in [0.1, 0.15) is 30.4 Å². The second-order valence-electron chi connectivity index (χ2n) is 5.25. The molecule has 3 rings (SSSR count). The van der Waals surface area contributed by atoms with Gasteiger partial charge in [0.2, 0.25) is 0 Å². The lowest BCUT2D eigenvalue weighted by molar-refractivity contribution is 0.0305. The molecule has 0 saturated heterocycles. The van der Waals surface area contributed by atoms with Crippen molar-refractivity contribution < 1.29 is 5.11 Å². The molecule has 1 saturated carbocycles. The molecule has 2 aromatic rings. The Morgan fingerprint density at radius 1 is 1.17 bits per heavy atom. The number of rotatable bonds is 3. The van der Waals surface area contributed by atoms with Crippen molar-refractivity contribution >= 4 is 0 Å². The molecule has 3 atom stereocenters. The highest BCUT2D eigenvalue weighted by Crippen LogP contribution is 2.56. The highest BCUT2D eigenvalue weighted by Gasteiger charge is 2.50. The minimum absolute atomic E-state index is 0.295. The molecule has 2 nitrogen and oxygen atoms in total. The van der Waals surface area contributed by atoms with Crippen LogP contribution in [0, 0.1) is 5.92 Å². The van der Waals surface area contributed by atoms with Gasteiger partial charge in [0.15, 0.2) is 0 Å². The molecule has 1 heterocycles. The Morgan fingerprint density at radius 3 is 2.61 bits per heavy atom. The zero-order valence-corrected chi connectivity index (χ0v) is 10.5. The van der Waals surface area contributed by atoms with Gasteiger partial charge in [0.05, 0.1) is 5.60 Å². The van der Waals surface area contributed by atoms with Crippen molar-refractivity contribution in [2.45, 2.75) is 24.9 Å². The van der Waals surface area contributed by atoms with Crippen LogP contribution in [0.5, 0.6) is 0 Å². The van der Waals surface area contributed by atoms with Gasteiger partial charge in [0.25, 0.3) is 0 Å². The van der Waals surface area contributed by atoms with Crippen molar-refractivity contribution in [3.05, 3.63) is 66.0 Å². The largest absolute Gasteiger partial charge is 0.385 e. The van der Waals surface area contributed by atoms with Gasteiger partial charge in [-0.1, -0.05) is 36.4 Å². The predicted molar refractivity (Wildman–Crippen MR) is 71.1 cm³/mol. The van der Waals surface area contributed by atoms with Crippen LogP contribution in [0.2, 0.25) is 0 Å². The minimum atomic E-state index is -0.783. The van der Waals surface area contributed by atoms with E-state index in [1.165, 1.54) is 5.56 Å². The van der Waals surface area contributed by atoms with Gasteiger partial charge in [-0.05, 0) is 36.8 Å². The lowest BCUT2D eigenvalue weighted by Gasteiger charge is -2.24. The highest BCUT2D eigenvalue weighted by atomic mass is 16.3. The summed E-state index contributed by atoms with van der Waals surface area (Å²) < 4.78 is 0. The quantitative estimate of drug-likeness (QED) is 0.892. The molecule has 1 fully saturated rings. The number of pyridine rings is 1. The van der Waals surface area contributed by atoms with E-state index >= 15 is 0 Å². The van der Waals surface area contributed by atoms with Gasteiger partial charge in [-0.25, -0.2) is 0 Å². The molecular formula is C16H17NO. The molecule has 0 bridgehead atoms. The summed E-state index contributed by atoms with van der Waals surface area (Å²) in [6, 6.07) is 14.3. The van der Waals surface area contributed by atoms with Gasteiger partial charge >= 0.3 is 0 Å². The molecule has 0 spiro atoms. The minimum Gasteiger partial charge on any atom is -0.385 e. The summed E-state index contributed by atoms with van der Waals surface area (Å²) in [5.74, 6) is 0.769. The van der Waals surface area contributed by atoms with Crippen LogP contribution < -0.4 is 0 Å². The van der Waals surface area contributed by atoms with E-state index in [0.29, 0.717) is 11.8 Å². The standard InChI is InChI=1S/C16H17NO/c1-16(18,13-8-5-9-17-11-13)15-10-14(15)12-6-3-2-4-7-12/h2-9,11,14-15,18H,10H2,1H3. The van der Waals surface area contributed by atoms with E-state index in [4.69, 9.17) is 0 Å². The molecule has 18 heavy (non-hydrogen) atoms. The van der Waals surface area contributed by atoms with E-state index in [-0.39, 0.29) is 0 Å². The summed E-state index contributed by atoms with van der Waals surface area (Å²) in [6.45, 7) is 1.90. The monoisotopic (exact) mass is 239 g/mol. The van der Waals surface area contributed by atoms with Gasteiger partial charge in [-0.15, -0.1) is 0 Å². The van der Waals surface area contributed by atoms with Crippen LogP contribution in [0.25, 0.3) is 0 Å². The lowest BCUT2D eigenvalue weighted by atomic mass is 9.90. The maximum atomic E-state index is 10.7. The molecule has 3 unspecified atom stereocenters. The first-order valence-electron chi connectivity index (χ1n) is 6.37. The number of benzene rings is 1. The molecule has 1 aromatic heterocycles. The first-order valence-corrected chi connectivity index (χ1v) is 6.37. The van der Waals surface area contributed by atoms with Crippen molar-refractivity contribution in [1.82, 2.24) is 4.98 Å². The Labute approximate surface area is 107 Å². The summed E-state index contributed by atoms with van der Waals surface area (Å²) in [5, 5.41) is 10.7. The molecule has 0 aliphatic heterocycles. The normalized spacial score (nSPS) is 25.4. The first-order chi connectivity index (χ1) is 8.69. The number of aromatic nitrogens is 1. The maximum absolute atomic E-state index is 10.7. The number of hydrogen-bond donors (Lipinski definition) is 1. The Balaban J connectivity index is 1.82. The van der Waals surface area contributed by atoms with E-state index in [0.717, 1.165) is 12.0 Å². The Bertz CT molecular complexity index is 521. The highest BCUT2D eigenvalue weighted by molar-refractivity contribution is 5.31. The molecule has 2 heteroatoms. The van der Waals surface area contributed by atoms with Crippen molar-refractivity contribution in [2.75, 3.05) is 0 Å². The molecule has 0 amide bonds. The zero-order chi connectivity index (χ0) is 12.6. The third-order valence-corrected chi connectivity index (χ3v) is 3.99. The second-order valence-corrected chi connectivity index (χ2v) is 5.25. The van der Waals surface area contributed by atoms with E-state index in [1.807, 2.05) is 25.1 Å². The Hall–Kier alpha value is -1.67. The SMILES string of the molecule is CC(O)(c1cccnc1)C1CC1c1ccccc1. The topological polar surface area (TPSA) is 33.1 Å². The Morgan fingerprint density at radius 2 is 1.94 bits per heavy atom. The molecule has 1 aliphatic rings. The van der Waals surface area contributed by atoms with Crippen LogP contribution >= 0.6 is 0 Å². The second kappa shape index (κ2) is 4.21. The molecule has 1 aromatic carbocycles. The van der Waals surface area contributed by atoms with Crippen LogP contribution in [-0.4, -0.2) is 10.1 Å². The summed E-state index contributed by atoms with van der Waals surface area (Å²) in [6.07, 6.45) is 4.55. The van der Waals surface area contributed by atoms with Crippen LogP contribution in [-0.2, 0) is 5.60 Å². The van der Waals surface area contributed by atoms with Crippen LogP contribution in [0.15, 0.2) is 54.9 Å². The number of aliphatic hydroxyl groups is 1. The molecule has 1 N–H and O–H groups in total. The van der Waals surface area contributed by atoms with Crippen molar-refractivity contribution in [3.63, 3.8) is 0 Å². The maximum Gasteiger partial charge on any atom is 0.0917 e. The van der Waals surface area contributed by atoms with E-state index in [9.17, 15) is 5.11 Å². The van der Waals surface area contributed by atoms with E-state index < -0.39 is 5.60 Å². The summed E-state index contributed by atoms with van der Waals surface area (Å²) in [7, 11) is 0. The van der Waals surface area contributed by atoms with Gasteiger partial charge in [0.1, 0.15) is 0 Å². The third-order valence-electron chi connectivity index (χ3n) is 3.99. The van der Waals surface area contributed by atoms with Gasteiger partial charge in [0, 0.05) is 18.0 Å². The third kappa shape index (κ3) is 1.93. The molecule has 0 radical (unpaired) electrons. The van der Waals surface area contributed by atoms with E-state index in [2.05, 4.69) is 29.2 Å². The first kappa shape index (κ1) is 11.4. The average molecular weight is 239 g/mol. The fourth-order valence-electron chi connectivity index (χ4n) is 2.76. The van der Waals surface area contributed by atoms with Crippen LogP contribution in [0.3, 0.4) is 0 Å². The van der Waals surface area contributed by atoms with Gasteiger partial charge in [-0.2, -0.15) is 0 Å². The fourth-order valence-corrected chi connectivity index (χ4v) is 2.76. The summed E-state index contributed by atoms with van der Waals surface area (Å²) in [4.78, 5) is 4.10. The van der Waals surface area contributed by atoms with Crippen molar-refractivity contribution in [2.24, 2.45) is 5.92 Å². The van der Waals surface area contributed by atoms with Crippen LogP contribution in [0.4, 0.5) is 0 Å². The van der Waals surface area contributed by atoms with Crippen molar-refractivity contribution in [1.29, 1.82) is 0 Å². The van der Waals surface area contributed by atoms with Gasteiger partial charge < -0.3 is 5.11 Å².